The van der Waals surface area contributed by atoms with Gasteiger partial charge in [-0.05, 0) is 49.4 Å². The molecule has 0 bridgehead atoms. The number of hydrogen-bond donors (Lipinski definition) is 3. The van der Waals surface area contributed by atoms with Crippen molar-refractivity contribution in [3.63, 3.8) is 0 Å². The Kier molecular flexibility index (Phi) is 6.13. The molecule has 0 radical (unpaired) electrons. The Hall–Kier alpha value is -4.47. The number of hydrogen-bond acceptors (Lipinski definition) is 6. The van der Waals surface area contributed by atoms with Crippen molar-refractivity contribution in [2.45, 2.75) is 13.8 Å². The molecule has 2 amide bonds. The minimum absolute atomic E-state index is 0.0446. The van der Waals surface area contributed by atoms with Gasteiger partial charge in [-0.2, -0.15) is 0 Å². The molecule has 2 aromatic heterocycles. The van der Waals surface area contributed by atoms with Crippen LogP contribution in [0.15, 0.2) is 48.8 Å². The van der Waals surface area contributed by atoms with Crippen molar-refractivity contribution in [1.82, 2.24) is 19.9 Å². The van der Waals surface area contributed by atoms with Crippen LogP contribution >= 0.6 is 0 Å². The van der Waals surface area contributed by atoms with Gasteiger partial charge in [0.2, 0.25) is 11.8 Å². The first-order chi connectivity index (χ1) is 16.2. The fraction of sp³-hybridized carbons (Fsp3) is 0.167. The Morgan fingerprint density at radius 1 is 1.06 bits per heavy atom. The van der Waals surface area contributed by atoms with Crippen LogP contribution < -0.4 is 15.4 Å². The Morgan fingerprint density at radius 2 is 1.76 bits per heavy atom. The molecule has 3 N–H and O–H groups in total. The van der Waals surface area contributed by atoms with E-state index in [1.165, 1.54) is 24.2 Å². The summed E-state index contributed by atoms with van der Waals surface area (Å²) in [6.07, 6.45) is 1.23. The summed E-state index contributed by atoms with van der Waals surface area (Å²) in [6, 6.07) is 11.7. The molecule has 174 valence electrons. The van der Waals surface area contributed by atoms with Gasteiger partial charge in [-0.1, -0.05) is 0 Å². The number of rotatable bonds is 6. The molecule has 0 unspecified atom stereocenters. The molecule has 4 aromatic rings. The standard InChI is InChI=1S/C24H23FN6O3/c1-13-11-17-18(28-13)9-10-19(21(17)25)34-23-20(24(33)31(3)4)22(26-12-27-23)30-16-7-5-15(6-8-16)29-14(2)32/h5-12,28H,1-4H3,(H,29,32)(H,26,27,30). The van der Waals surface area contributed by atoms with E-state index in [1.54, 1.807) is 50.5 Å². The SMILES string of the molecule is CC(=O)Nc1ccc(Nc2ncnc(Oc3ccc4[nH]c(C)cc4c3F)c2C(=O)N(C)C)cc1. The molecule has 9 nitrogen and oxygen atoms in total. The fourth-order valence-electron chi connectivity index (χ4n) is 3.41. The fourth-order valence-corrected chi connectivity index (χ4v) is 3.41. The van der Waals surface area contributed by atoms with E-state index in [4.69, 9.17) is 4.74 Å². The van der Waals surface area contributed by atoms with Crippen LogP contribution in [0.3, 0.4) is 0 Å². The van der Waals surface area contributed by atoms with E-state index < -0.39 is 11.7 Å². The molecule has 0 aliphatic carbocycles. The van der Waals surface area contributed by atoms with Crippen LogP contribution in [0.2, 0.25) is 0 Å². The summed E-state index contributed by atoms with van der Waals surface area (Å²) >= 11 is 0. The monoisotopic (exact) mass is 462 g/mol. The minimum Gasteiger partial charge on any atom is -0.435 e. The number of fused-ring (bicyclic) bond motifs is 1. The zero-order valence-corrected chi connectivity index (χ0v) is 19.1. The van der Waals surface area contributed by atoms with Crippen molar-refractivity contribution >= 4 is 39.9 Å². The van der Waals surface area contributed by atoms with E-state index in [-0.39, 0.29) is 28.9 Å². The van der Waals surface area contributed by atoms with Gasteiger partial charge in [0.15, 0.2) is 17.4 Å². The maximum atomic E-state index is 15.1. The van der Waals surface area contributed by atoms with Gasteiger partial charge in [0.05, 0.1) is 0 Å². The smallest absolute Gasteiger partial charge is 0.262 e. The van der Waals surface area contributed by atoms with E-state index >= 15 is 4.39 Å². The van der Waals surface area contributed by atoms with Crippen LogP contribution in [-0.4, -0.2) is 45.8 Å². The summed E-state index contributed by atoms with van der Waals surface area (Å²) in [6.45, 7) is 3.25. The van der Waals surface area contributed by atoms with Crippen LogP contribution in [-0.2, 0) is 4.79 Å². The number of halogens is 1. The van der Waals surface area contributed by atoms with Crippen molar-refractivity contribution < 1.29 is 18.7 Å². The highest BCUT2D eigenvalue weighted by Gasteiger charge is 2.24. The zero-order chi connectivity index (χ0) is 24.4. The average molecular weight is 462 g/mol. The van der Waals surface area contributed by atoms with Crippen LogP contribution in [0.1, 0.15) is 23.0 Å². The second kappa shape index (κ2) is 9.18. The number of ether oxygens (including phenoxy) is 1. The second-order valence-electron chi connectivity index (χ2n) is 7.88. The lowest BCUT2D eigenvalue weighted by atomic mass is 10.2. The highest BCUT2D eigenvalue weighted by molar-refractivity contribution is 6.01. The predicted molar refractivity (Wildman–Crippen MR) is 127 cm³/mol. The molecule has 10 heteroatoms. The average Bonchev–Trinajstić information content (AvgIpc) is 3.17. The highest BCUT2D eigenvalue weighted by Crippen LogP contribution is 2.34. The van der Waals surface area contributed by atoms with E-state index in [2.05, 4.69) is 25.6 Å². The molecule has 0 aliphatic rings. The van der Waals surface area contributed by atoms with Crippen molar-refractivity contribution in [1.29, 1.82) is 0 Å². The molecule has 0 saturated carbocycles. The van der Waals surface area contributed by atoms with Crippen molar-refractivity contribution in [3.05, 3.63) is 65.9 Å². The highest BCUT2D eigenvalue weighted by atomic mass is 19.1. The van der Waals surface area contributed by atoms with Crippen LogP contribution in [0.25, 0.3) is 10.9 Å². The van der Waals surface area contributed by atoms with E-state index in [1.807, 2.05) is 6.92 Å². The van der Waals surface area contributed by atoms with Gasteiger partial charge >= 0.3 is 0 Å². The summed E-state index contributed by atoms with van der Waals surface area (Å²) in [4.78, 5) is 37.0. The van der Waals surface area contributed by atoms with Gasteiger partial charge in [0.1, 0.15) is 11.9 Å². The van der Waals surface area contributed by atoms with Crippen LogP contribution in [0.5, 0.6) is 11.6 Å². The number of aryl methyl sites for hydroxylation is 1. The molecule has 2 heterocycles. The number of amides is 2. The summed E-state index contributed by atoms with van der Waals surface area (Å²) in [5.41, 5.74) is 2.73. The summed E-state index contributed by atoms with van der Waals surface area (Å²) < 4.78 is 20.9. The quantitative estimate of drug-likeness (QED) is 0.386. The van der Waals surface area contributed by atoms with E-state index in [0.29, 0.717) is 22.3 Å². The molecule has 0 saturated heterocycles. The van der Waals surface area contributed by atoms with Crippen LogP contribution in [0, 0.1) is 12.7 Å². The first kappa shape index (κ1) is 22.7. The summed E-state index contributed by atoms with van der Waals surface area (Å²) in [7, 11) is 3.17. The number of carbonyl (C=O) groups excluding carboxylic acids is 2. The largest absolute Gasteiger partial charge is 0.435 e. The third-order valence-electron chi connectivity index (χ3n) is 4.94. The van der Waals surface area contributed by atoms with Crippen molar-refractivity contribution in [3.8, 4) is 11.6 Å². The Morgan fingerprint density at radius 3 is 2.44 bits per heavy atom. The number of nitrogens with zero attached hydrogens (tertiary/aromatic N) is 3. The Balaban J connectivity index is 1.71. The van der Waals surface area contributed by atoms with Gasteiger partial charge in [0.25, 0.3) is 5.91 Å². The molecule has 34 heavy (non-hydrogen) atoms. The first-order valence-corrected chi connectivity index (χ1v) is 10.4. The number of nitrogens with one attached hydrogen (secondary N) is 3. The van der Waals surface area contributed by atoms with Gasteiger partial charge < -0.3 is 25.3 Å². The third-order valence-corrected chi connectivity index (χ3v) is 4.94. The van der Waals surface area contributed by atoms with E-state index in [9.17, 15) is 9.59 Å². The summed E-state index contributed by atoms with van der Waals surface area (Å²) in [5, 5.41) is 6.13. The molecule has 0 atom stereocenters. The zero-order valence-electron chi connectivity index (χ0n) is 19.1. The van der Waals surface area contributed by atoms with Crippen molar-refractivity contribution in [2.75, 3.05) is 24.7 Å². The minimum atomic E-state index is -0.563. The van der Waals surface area contributed by atoms with Gasteiger partial charge in [-0.15, -0.1) is 0 Å². The normalized spacial score (nSPS) is 10.7. The summed E-state index contributed by atoms with van der Waals surface area (Å²) in [5.74, 6) is -1.13. The lowest BCUT2D eigenvalue weighted by molar-refractivity contribution is -0.114. The van der Waals surface area contributed by atoms with Gasteiger partial charge in [0, 0.05) is 49.0 Å². The molecular formula is C24H23FN6O3. The molecule has 4 rings (SSSR count). The number of H-pyrrole nitrogens is 1. The number of anilines is 3. The van der Waals surface area contributed by atoms with Gasteiger partial charge in [-0.3, -0.25) is 9.59 Å². The lowest BCUT2D eigenvalue weighted by Crippen LogP contribution is -2.24. The Labute approximate surface area is 195 Å². The third kappa shape index (κ3) is 4.65. The topological polar surface area (TPSA) is 112 Å². The van der Waals surface area contributed by atoms with Crippen molar-refractivity contribution in [2.24, 2.45) is 0 Å². The molecule has 0 fully saturated rings. The first-order valence-electron chi connectivity index (χ1n) is 10.4. The lowest BCUT2D eigenvalue weighted by Gasteiger charge is -2.17. The maximum Gasteiger partial charge on any atom is 0.262 e. The molecular weight excluding hydrogens is 439 g/mol. The molecule has 2 aromatic carbocycles. The van der Waals surface area contributed by atoms with Gasteiger partial charge in [-0.25, -0.2) is 14.4 Å². The number of aromatic nitrogens is 3. The molecule has 0 spiro atoms. The van der Waals surface area contributed by atoms with E-state index in [0.717, 1.165) is 5.69 Å². The predicted octanol–water partition coefficient (Wildman–Crippen LogP) is 4.60. The maximum absolute atomic E-state index is 15.1. The number of carbonyl (C=O) groups is 2. The molecule has 0 aliphatic heterocycles. The number of aromatic amines is 1. The number of benzene rings is 2. The second-order valence-corrected chi connectivity index (χ2v) is 7.88. The van der Waals surface area contributed by atoms with Crippen LogP contribution in [0.4, 0.5) is 21.6 Å². The Bertz CT molecular complexity index is 1380.